The van der Waals surface area contributed by atoms with Crippen molar-refractivity contribution in [3.8, 4) is 0 Å². The topological polar surface area (TPSA) is 9.72 Å². The van der Waals surface area contributed by atoms with Crippen molar-refractivity contribution in [2.24, 2.45) is 123 Å². The van der Waals surface area contributed by atoms with E-state index in [0.29, 0.717) is 10.8 Å². The first kappa shape index (κ1) is 56.7. The summed E-state index contributed by atoms with van der Waals surface area (Å²) in [5, 5.41) is 0. The number of nitrogens with zero attached hydrogens (tertiary/aromatic N) is 3. The zero-order valence-corrected chi connectivity index (χ0v) is 55.7. The van der Waals surface area contributed by atoms with Gasteiger partial charge in [0, 0.05) is 59.8 Å². The van der Waals surface area contributed by atoms with Gasteiger partial charge in [-0.3, -0.25) is 14.7 Å². The van der Waals surface area contributed by atoms with Gasteiger partial charge in [0.2, 0.25) is 0 Å². The first-order chi connectivity index (χ1) is 40.9. The third kappa shape index (κ3) is 8.80. The molecule has 0 aromatic heterocycles. The molecule has 4 heteroatoms. The Bertz CT molecular complexity index is 2300. The maximum atomic E-state index is 3.72. The Morgan fingerprint density at radius 1 is 0.298 bits per heavy atom. The average Bonchev–Trinajstić information content (AvgIpc) is 0.622. The van der Waals surface area contributed by atoms with E-state index >= 15 is 0 Å². The van der Waals surface area contributed by atoms with E-state index in [9.17, 15) is 0 Å². The molecule has 0 bridgehead atoms. The van der Waals surface area contributed by atoms with Crippen molar-refractivity contribution < 1.29 is 0 Å². The number of hydrogen-bond acceptors (Lipinski definition) is 3. The molecule has 0 radical (unpaired) electrons. The molecule has 18 fully saturated rings. The van der Waals surface area contributed by atoms with Crippen LogP contribution in [0.15, 0.2) is 0 Å². The highest BCUT2D eigenvalue weighted by Gasteiger charge is 2.85. The Hall–Kier alpha value is -0.0551. The summed E-state index contributed by atoms with van der Waals surface area (Å²) in [5.74, 6) is 21.7. The molecule has 23 unspecified atom stereocenters. The van der Waals surface area contributed by atoms with E-state index in [-0.39, 0.29) is 0 Å². The second kappa shape index (κ2) is 21.5. The van der Waals surface area contributed by atoms with Gasteiger partial charge in [0.05, 0.1) is 0 Å². The fourth-order valence-corrected chi connectivity index (χ4v) is 31.8. The molecular weight excluding hydrogens is 1010 g/mol. The third-order valence-electron chi connectivity index (χ3n) is 35.2. The number of piperidine rings is 2. The molecule has 15 saturated carbocycles. The number of likely N-dealkylation sites (tertiary alicyclic amines) is 1. The van der Waals surface area contributed by atoms with Crippen LogP contribution in [0.2, 0.25) is 17.5 Å². The first-order valence-corrected chi connectivity index (χ1v) is 40.2. The van der Waals surface area contributed by atoms with Crippen LogP contribution in [0.3, 0.4) is 0 Å². The quantitative estimate of drug-likeness (QED) is 0.235. The minimum atomic E-state index is 0.455. The second-order valence-electron chi connectivity index (χ2n) is 39.5. The second-order valence-corrected chi connectivity index (χ2v) is 39.5. The largest absolute Gasteiger partial charge is 0.295 e. The number of hydrogen-bond donors (Lipinski definition) is 0. The SMILES string of the molecule is CC(C)(C)C1CC2CCC3CC(C(C)(C)C)CC4C(C5CCC6C(C5)B5C7CC(C8CCCCC8)CCC7N(C7CCC(C8CCCCC8)CC7)C7CC(N8C9CC%10CC%11CC8C%10%119)CC(C57)N6C5CCC(C6CCCCC6)CC5)CC(C1)C2C34. The van der Waals surface area contributed by atoms with Crippen molar-refractivity contribution in [2.45, 2.75) is 377 Å². The summed E-state index contributed by atoms with van der Waals surface area (Å²) in [4.78, 5) is 10.8. The summed E-state index contributed by atoms with van der Waals surface area (Å²) in [6, 6.07) is 8.17. The van der Waals surface area contributed by atoms with Crippen LogP contribution in [-0.4, -0.2) is 75.8 Å². The molecule has 23 atom stereocenters. The Morgan fingerprint density at radius 2 is 0.726 bits per heavy atom. The molecule has 18 aliphatic rings. The standard InChI is InChI=1S/C80H130BN3/c1-78(2,3)58-36-55-22-23-56-37-59(79(4,5)6)43-66-65(39-57(38-58)75(55)76(56)66)54-29-35-70-68(41-54)81-67-40-53(50-20-14-9-15-21-50)28-34-69(67)82(62-30-24-51(25-31-62)48-16-10-7-11-17-48)71-46-64(84-73-44-60-42-61-45-74(84)80(60,61)73)47-72(77(71)81)83(70)63-32-26-52(27-33-63)49-18-12-8-13-19-49/h48-77H,7-47H2,1-6H3. The van der Waals surface area contributed by atoms with E-state index < -0.39 is 0 Å². The van der Waals surface area contributed by atoms with Gasteiger partial charge in [-0.1, -0.05) is 151 Å². The summed E-state index contributed by atoms with van der Waals surface area (Å²) < 4.78 is 0. The smallest absolute Gasteiger partial charge is 0.156 e. The lowest BCUT2D eigenvalue weighted by atomic mass is 9.17. The Labute approximate surface area is 518 Å². The van der Waals surface area contributed by atoms with E-state index in [1.807, 2.05) is 0 Å². The molecule has 3 aliphatic heterocycles. The zero-order valence-electron chi connectivity index (χ0n) is 55.7. The lowest BCUT2D eigenvalue weighted by Crippen LogP contribution is -2.94. The van der Waals surface area contributed by atoms with E-state index in [2.05, 4.69) is 56.2 Å². The van der Waals surface area contributed by atoms with Crippen LogP contribution in [0.5, 0.6) is 0 Å². The molecular formula is C80H130BN3. The van der Waals surface area contributed by atoms with E-state index in [0.717, 1.165) is 190 Å². The van der Waals surface area contributed by atoms with Gasteiger partial charge in [0.1, 0.15) is 0 Å². The molecule has 1 spiro atoms. The van der Waals surface area contributed by atoms with Crippen molar-refractivity contribution in [3.63, 3.8) is 0 Å². The van der Waals surface area contributed by atoms with Crippen LogP contribution in [-0.2, 0) is 0 Å². The fourth-order valence-electron chi connectivity index (χ4n) is 31.8. The zero-order chi connectivity index (χ0) is 56.1. The van der Waals surface area contributed by atoms with Crippen molar-refractivity contribution in [2.75, 3.05) is 0 Å². The minimum absolute atomic E-state index is 0.455. The van der Waals surface area contributed by atoms with Gasteiger partial charge in [-0.2, -0.15) is 0 Å². The van der Waals surface area contributed by atoms with Crippen molar-refractivity contribution in [3.05, 3.63) is 0 Å². The molecule has 468 valence electrons. The molecule has 0 aromatic rings. The molecule has 18 rings (SSSR count). The van der Waals surface area contributed by atoms with E-state index in [1.165, 1.54) is 19.3 Å². The van der Waals surface area contributed by atoms with Gasteiger partial charge >= 0.3 is 0 Å². The Balaban J connectivity index is 0.736. The predicted molar refractivity (Wildman–Crippen MR) is 350 cm³/mol. The van der Waals surface area contributed by atoms with E-state index in [1.54, 1.807) is 244 Å². The van der Waals surface area contributed by atoms with Crippen LogP contribution in [0.4, 0.5) is 0 Å². The Morgan fingerprint density at radius 3 is 1.24 bits per heavy atom. The highest BCUT2D eigenvalue weighted by molar-refractivity contribution is 6.65. The van der Waals surface area contributed by atoms with Gasteiger partial charge in [0.25, 0.3) is 0 Å². The van der Waals surface area contributed by atoms with Gasteiger partial charge < -0.3 is 0 Å². The van der Waals surface area contributed by atoms with Crippen molar-refractivity contribution >= 4 is 6.71 Å². The molecule has 3 saturated heterocycles. The molecule has 0 aromatic carbocycles. The summed E-state index contributed by atoms with van der Waals surface area (Å²) in [5.41, 5.74) is 1.76. The molecule has 3 heterocycles. The molecule has 15 aliphatic carbocycles. The normalized spacial score (nSPS) is 54.4. The van der Waals surface area contributed by atoms with Crippen LogP contribution in [0.25, 0.3) is 0 Å². The van der Waals surface area contributed by atoms with Gasteiger partial charge in [-0.05, 0) is 289 Å². The van der Waals surface area contributed by atoms with Gasteiger partial charge in [-0.25, -0.2) is 0 Å². The van der Waals surface area contributed by atoms with Gasteiger partial charge in [-0.15, -0.1) is 0 Å². The highest BCUT2D eigenvalue weighted by atomic mass is 15.4. The van der Waals surface area contributed by atoms with Crippen molar-refractivity contribution in [1.29, 1.82) is 0 Å². The monoisotopic (exact) mass is 1140 g/mol. The molecule has 84 heavy (non-hydrogen) atoms. The average molecular weight is 1140 g/mol. The summed E-state index contributed by atoms with van der Waals surface area (Å²) in [6.07, 6.45) is 65.0. The number of rotatable bonds is 7. The summed E-state index contributed by atoms with van der Waals surface area (Å²) in [6.45, 7) is 17.1. The molecule has 0 N–H and O–H groups in total. The van der Waals surface area contributed by atoms with Crippen molar-refractivity contribution in [1.82, 2.24) is 14.7 Å². The molecule has 0 amide bonds. The summed E-state index contributed by atoms with van der Waals surface area (Å²) in [7, 11) is 0. The third-order valence-corrected chi connectivity index (χ3v) is 35.2. The molecule has 3 nitrogen and oxygen atoms in total. The Kier molecular flexibility index (Phi) is 14.5. The maximum Gasteiger partial charge on any atom is 0.156 e. The highest BCUT2D eigenvalue weighted by Crippen LogP contribution is 2.83. The lowest BCUT2D eigenvalue weighted by Gasteiger charge is -2.90. The van der Waals surface area contributed by atoms with Crippen LogP contribution >= 0.6 is 0 Å². The maximum absolute atomic E-state index is 3.72. The minimum Gasteiger partial charge on any atom is -0.295 e. The first-order valence-electron chi connectivity index (χ1n) is 40.2. The van der Waals surface area contributed by atoms with Crippen LogP contribution in [0.1, 0.15) is 305 Å². The van der Waals surface area contributed by atoms with Crippen LogP contribution in [0, 0.1) is 123 Å². The van der Waals surface area contributed by atoms with Crippen LogP contribution < -0.4 is 0 Å². The van der Waals surface area contributed by atoms with Gasteiger partial charge in [0.15, 0.2) is 6.71 Å². The summed E-state index contributed by atoms with van der Waals surface area (Å²) >= 11 is 0. The fraction of sp³-hybridized carbons (Fsp3) is 1.00. The number of fused-ring (bicyclic) bond motifs is 4. The van der Waals surface area contributed by atoms with E-state index in [4.69, 9.17) is 0 Å². The predicted octanol–water partition coefficient (Wildman–Crippen LogP) is 20.2. The lowest BCUT2D eigenvalue weighted by molar-refractivity contribution is -0.408.